The van der Waals surface area contributed by atoms with E-state index < -0.39 is 0 Å². The Balaban J connectivity index is 2.11. The van der Waals surface area contributed by atoms with E-state index in [9.17, 15) is 0 Å². The molecular formula is C16H19NO2. The second-order valence-electron chi connectivity index (χ2n) is 4.46. The van der Waals surface area contributed by atoms with Crippen LogP contribution in [0.25, 0.3) is 0 Å². The maximum absolute atomic E-state index is 5.86. The molecule has 0 unspecified atom stereocenters. The van der Waals surface area contributed by atoms with Crippen molar-refractivity contribution in [1.82, 2.24) is 0 Å². The molecule has 2 aromatic rings. The summed E-state index contributed by atoms with van der Waals surface area (Å²) in [5.74, 6) is 1.69. The maximum Gasteiger partial charge on any atom is 0.124 e. The first-order valence-corrected chi connectivity index (χ1v) is 6.28. The van der Waals surface area contributed by atoms with E-state index in [2.05, 4.69) is 0 Å². The minimum Gasteiger partial charge on any atom is -0.497 e. The minimum atomic E-state index is 0.480. The van der Waals surface area contributed by atoms with E-state index in [4.69, 9.17) is 15.2 Å². The van der Waals surface area contributed by atoms with Crippen LogP contribution >= 0.6 is 0 Å². The van der Waals surface area contributed by atoms with Gasteiger partial charge in [-0.15, -0.1) is 0 Å². The molecule has 19 heavy (non-hydrogen) atoms. The molecule has 0 fully saturated rings. The van der Waals surface area contributed by atoms with Crippen molar-refractivity contribution in [3.63, 3.8) is 0 Å². The molecule has 0 amide bonds. The molecule has 0 aliphatic heterocycles. The lowest BCUT2D eigenvalue weighted by Crippen LogP contribution is -2.03. The van der Waals surface area contributed by atoms with Gasteiger partial charge in [-0.1, -0.05) is 24.3 Å². The summed E-state index contributed by atoms with van der Waals surface area (Å²) in [5.41, 5.74) is 8.97. The van der Waals surface area contributed by atoms with Crippen LogP contribution in [0.1, 0.15) is 16.7 Å². The Morgan fingerprint density at radius 1 is 1.11 bits per heavy atom. The van der Waals surface area contributed by atoms with Crippen LogP contribution in [0.15, 0.2) is 42.5 Å². The van der Waals surface area contributed by atoms with Gasteiger partial charge in [0.25, 0.3) is 0 Å². The molecule has 0 aliphatic carbocycles. The van der Waals surface area contributed by atoms with Crippen LogP contribution in [0.3, 0.4) is 0 Å². The topological polar surface area (TPSA) is 44.5 Å². The Hall–Kier alpha value is -2.00. The summed E-state index contributed by atoms with van der Waals surface area (Å²) in [5, 5.41) is 0. The molecular weight excluding hydrogens is 238 g/mol. The summed E-state index contributed by atoms with van der Waals surface area (Å²) < 4.78 is 11.1. The van der Waals surface area contributed by atoms with E-state index in [1.807, 2.05) is 49.4 Å². The highest BCUT2D eigenvalue weighted by Crippen LogP contribution is 2.22. The van der Waals surface area contributed by atoms with Gasteiger partial charge < -0.3 is 15.2 Å². The zero-order valence-corrected chi connectivity index (χ0v) is 11.3. The van der Waals surface area contributed by atoms with Crippen LogP contribution in [-0.4, -0.2) is 7.11 Å². The van der Waals surface area contributed by atoms with E-state index in [-0.39, 0.29) is 0 Å². The van der Waals surface area contributed by atoms with Crippen molar-refractivity contribution >= 4 is 0 Å². The van der Waals surface area contributed by atoms with Gasteiger partial charge in [0.2, 0.25) is 0 Å². The van der Waals surface area contributed by atoms with Crippen molar-refractivity contribution in [3.05, 3.63) is 59.2 Å². The van der Waals surface area contributed by atoms with Crippen LogP contribution in [0.4, 0.5) is 0 Å². The lowest BCUT2D eigenvalue weighted by molar-refractivity contribution is 0.302. The van der Waals surface area contributed by atoms with E-state index in [1.165, 1.54) is 0 Å². The maximum atomic E-state index is 5.86. The number of ether oxygens (including phenoxy) is 2. The molecule has 0 atom stereocenters. The smallest absolute Gasteiger partial charge is 0.124 e. The molecule has 2 aromatic carbocycles. The molecule has 0 aliphatic rings. The zero-order chi connectivity index (χ0) is 13.7. The first-order chi connectivity index (χ1) is 9.22. The van der Waals surface area contributed by atoms with Gasteiger partial charge in [0.1, 0.15) is 18.1 Å². The van der Waals surface area contributed by atoms with Crippen LogP contribution in [0, 0.1) is 6.92 Å². The predicted molar refractivity (Wildman–Crippen MR) is 76.4 cm³/mol. The number of nitrogens with two attached hydrogens (primary N) is 1. The van der Waals surface area contributed by atoms with Gasteiger partial charge in [-0.2, -0.15) is 0 Å². The average Bonchev–Trinajstić information content (AvgIpc) is 2.45. The summed E-state index contributed by atoms with van der Waals surface area (Å²) in [6, 6.07) is 13.9. The Morgan fingerprint density at radius 3 is 2.68 bits per heavy atom. The van der Waals surface area contributed by atoms with E-state index in [1.54, 1.807) is 7.11 Å². The molecule has 0 heterocycles. The van der Waals surface area contributed by atoms with E-state index >= 15 is 0 Å². The summed E-state index contributed by atoms with van der Waals surface area (Å²) >= 11 is 0. The Morgan fingerprint density at radius 2 is 1.95 bits per heavy atom. The number of rotatable bonds is 5. The van der Waals surface area contributed by atoms with Gasteiger partial charge in [-0.3, -0.25) is 0 Å². The third-order valence-corrected chi connectivity index (χ3v) is 2.97. The molecule has 100 valence electrons. The normalized spacial score (nSPS) is 10.3. The van der Waals surface area contributed by atoms with Crippen LogP contribution in [0.5, 0.6) is 11.5 Å². The molecule has 0 aromatic heterocycles. The quantitative estimate of drug-likeness (QED) is 0.895. The third-order valence-electron chi connectivity index (χ3n) is 2.97. The van der Waals surface area contributed by atoms with Gasteiger partial charge in [0.15, 0.2) is 0 Å². The molecule has 0 spiro atoms. The Labute approximate surface area is 114 Å². The van der Waals surface area contributed by atoms with Crippen molar-refractivity contribution < 1.29 is 9.47 Å². The fourth-order valence-corrected chi connectivity index (χ4v) is 1.89. The Bertz CT molecular complexity index is 552. The largest absolute Gasteiger partial charge is 0.497 e. The monoisotopic (exact) mass is 257 g/mol. The van der Waals surface area contributed by atoms with Crippen molar-refractivity contribution in [3.8, 4) is 11.5 Å². The van der Waals surface area contributed by atoms with Gasteiger partial charge in [0, 0.05) is 12.1 Å². The number of aryl methyl sites for hydroxylation is 1. The second-order valence-corrected chi connectivity index (χ2v) is 4.46. The molecule has 0 bridgehead atoms. The number of hydrogen-bond donors (Lipinski definition) is 1. The van der Waals surface area contributed by atoms with Crippen molar-refractivity contribution in [1.29, 1.82) is 0 Å². The highest BCUT2D eigenvalue weighted by Gasteiger charge is 2.03. The van der Waals surface area contributed by atoms with Crippen LogP contribution in [0.2, 0.25) is 0 Å². The zero-order valence-electron chi connectivity index (χ0n) is 11.3. The molecule has 3 nitrogen and oxygen atoms in total. The first kappa shape index (κ1) is 13.4. The highest BCUT2D eigenvalue weighted by atomic mass is 16.5. The van der Waals surface area contributed by atoms with Gasteiger partial charge in [-0.05, 0) is 36.2 Å². The third kappa shape index (κ3) is 3.48. The van der Waals surface area contributed by atoms with Gasteiger partial charge in [0.05, 0.1) is 7.11 Å². The van der Waals surface area contributed by atoms with Crippen molar-refractivity contribution in [2.24, 2.45) is 5.73 Å². The molecule has 2 rings (SSSR count). The van der Waals surface area contributed by atoms with E-state index in [0.717, 1.165) is 28.2 Å². The SMILES string of the molecule is COc1cccc(COc2cc(C)ccc2CN)c1. The molecule has 0 radical (unpaired) electrons. The molecule has 3 heteroatoms. The lowest BCUT2D eigenvalue weighted by Gasteiger charge is -2.12. The number of benzene rings is 2. The molecule has 0 saturated heterocycles. The second kappa shape index (κ2) is 6.25. The lowest BCUT2D eigenvalue weighted by atomic mass is 10.1. The summed E-state index contributed by atoms with van der Waals surface area (Å²) in [7, 11) is 1.66. The Kier molecular flexibility index (Phi) is 4.42. The van der Waals surface area contributed by atoms with Crippen molar-refractivity contribution in [2.45, 2.75) is 20.1 Å². The number of methoxy groups -OCH3 is 1. The fourth-order valence-electron chi connectivity index (χ4n) is 1.89. The van der Waals surface area contributed by atoms with Crippen molar-refractivity contribution in [2.75, 3.05) is 7.11 Å². The molecule has 0 saturated carbocycles. The summed E-state index contributed by atoms with van der Waals surface area (Å²) in [6.07, 6.45) is 0. The van der Waals surface area contributed by atoms with E-state index in [0.29, 0.717) is 13.2 Å². The molecule has 2 N–H and O–H groups in total. The van der Waals surface area contributed by atoms with Gasteiger partial charge >= 0.3 is 0 Å². The fraction of sp³-hybridized carbons (Fsp3) is 0.250. The summed E-state index contributed by atoms with van der Waals surface area (Å²) in [6.45, 7) is 3.03. The van der Waals surface area contributed by atoms with Crippen LogP contribution in [-0.2, 0) is 13.2 Å². The minimum absolute atomic E-state index is 0.480. The number of hydrogen-bond acceptors (Lipinski definition) is 3. The standard InChI is InChI=1S/C16H19NO2/c1-12-6-7-14(10-17)16(8-12)19-11-13-4-3-5-15(9-13)18-2/h3-9H,10-11,17H2,1-2H3. The summed E-state index contributed by atoms with van der Waals surface area (Å²) in [4.78, 5) is 0. The van der Waals surface area contributed by atoms with Gasteiger partial charge in [-0.25, -0.2) is 0 Å². The first-order valence-electron chi connectivity index (χ1n) is 6.28. The average molecular weight is 257 g/mol. The predicted octanol–water partition coefficient (Wildman–Crippen LogP) is 3.04. The van der Waals surface area contributed by atoms with Crippen LogP contribution < -0.4 is 15.2 Å². The highest BCUT2D eigenvalue weighted by molar-refractivity contribution is 5.37.